The molecule has 0 spiro atoms. The smallest absolute Gasteiger partial charge is 0.228 e. The Morgan fingerprint density at radius 3 is 3.05 bits per heavy atom. The molecule has 5 nitrogen and oxygen atoms in total. The van der Waals surface area contributed by atoms with Crippen LogP contribution in [0.15, 0.2) is 39.6 Å². The summed E-state index contributed by atoms with van der Waals surface area (Å²) in [5, 5.41) is 4.03. The van der Waals surface area contributed by atoms with Gasteiger partial charge >= 0.3 is 0 Å². The van der Waals surface area contributed by atoms with Crippen LogP contribution >= 0.6 is 11.3 Å². The lowest BCUT2D eigenvalue weighted by atomic mass is 10.1. The van der Waals surface area contributed by atoms with Crippen LogP contribution in [-0.2, 0) is 22.7 Å². The van der Waals surface area contributed by atoms with Gasteiger partial charge in [0, 0.05) is 26.6 Å². The van der Waals surface area contributed by atoms with Crippen LogP contribution in [-0.4, -0.2) is 35.2 Å². The number of hydrogen-bond acceptors (Lipinski definition) is 4. The summed E-state index contributed by atoms with van der Waals surface area (Å²) in [6, 6.07) is 5.65. The van der Waals surface area contributed by atoms with Gasteiger partial charge in [-0.3, -0.25) is 9.59 Å². The lowest BCUT2D eigenvalue weighted by molar-refractivity contribution is -0.135. The molecule has 2 aromatic rings. The van der Waals surface area contributed by atoms with E-state index in [1.165, 1.54) is 0 Å². The number of carbonyl (C=O) groups is 2. The highest BCUT2D eigenvalue weighted by Gasteiger charge is 2.35. The largest absolute Gasteiger partial charge is 0.467 e. The quantitative estimate of drug-likeness (QED) is 0.850. The zero-order valence-electron chi connectivity index (χ0n) is 12.4. The minimum absolute atomic E-state index is 0.0127. The third kappa shape index (κ3) is 3.22. The number of thiophene rings is 1. The summed E-state index contributed by atoms with van der Waals surface area (Å²) < 4.78 is 5.27. The predicted molar refractivity (Wildman–Crippen MR) is 83.0 cm³/mol. The van der Waals surface area contributed by atoms with Crippen molar-refractivity contribution in [2.75, 3.05) is 13.6 Å². The van der Waals surface area contributed by atoms with Crippen molar-refractivity contribution in [3.8, 4) is 0 Å². The molecule has 1 saturated heterocycles. The Hall–Kier alpha value is -2.08. The molecular formula is C16H18N2O3S. The highest BCUT2D eigenvalue weighted by atomic mass is 32.1. The molecule has 3 rings (SSSR count). The second-order valence-corrected chi connectivity index (χ2v) is 6.36. The zero-order valence-corrected chi connectivity index (χ0v) is 13.2. The van der Waals surface area contributed by atoms with Gasteiger partial charge in [-0.1, -0.05) is 0 Å². The van der Waals surface area contributed by atoms with E-state index in [4.69, 9.17) is 4.42 Å². The van der Waals surface area contributed by atoms with E-state index >= 15 is 0 Å². The number of likely N-dealkylation sites (tertiary alicyclic amines) is 1. The second-order valence-electron chi connectivity index (χ2n) is 5.58. The molecule has 0 saturated carbocycles. The first kappa shape index (κ1) is 14.8. The third-order valence-corrected chi connectivity index (χ3v) is 4.60. The van der Waals surface area contributed by atoms with Crippen molar-refractivity contribution in [2.24, 2.45) is 5.92 Å². The Morgan fingerprint density at radius 1 is 1.50 bits per heavy atom. The monoisotopic (exact) mass is 318 g/mol. The van der Waals surface area contributed by atoms with Gasteiger partial charge in [0.2, 0.25) is 11.8 Å². The minimum Gasteiger partial charge on any atom is -0.467 e. The van der Waals surface area contributed by atoms with Crippen LogP contribution in [0.25, 0.3) is 0 Å². The van der Waals surface area contributed by atoms with Crippen LogP contribution < -0.4 is 0 Å². The average Bonchev–Trinajstić information content (AvgIpc) is 3.22. The van der Waals surface area contributed by atoms with Crippen molar-refractivity contribution >= 4 is 23.2 Å². The van der Waals surface area contributed by atoms with Crippen molar-refractivity contribution in [2.45, 2.75) is 19.5 Å². The molecule has 1 aliphatic rings. The van der Waals surface area contributed by atoms with Gasteiger partial charge in [-0.25, -0.2) is 0 Å². The maximum Gasteiger partial charge on any atom is 0.228 e. The van der Waals surface area contributed by atoms with E-state index in [-0.39, 0.29) is 24.2 Å². The van der Waals surface area contributed by atoms with Gasteiger partial charge in [-0.2, -0.15) is 11.3 Å². The predicted octanol–water partition coefficient (Wildman–Crippen LogP) is 2.35. The fraction of sp³-hybridized carbons (Fsp3) is 0.375. The number of rotatable bonds is 5. The van der Waals surface area contributed by atoms with Gasteiger partial charge in [-0.15, -0.1) is 0 Å². The first-order valence-electron chi connectivity index (χ1n) is 7.19. The van der Waals surface area contributed by atoms with Gasteiger partial charge in [0.05, 0.1) is 18.7 Å². The van der Waals surface area contributed by atoms with Crippen LogP contribution in [0.1, 0.15) is 17.7 Å². The third-order valence-electron chi connectivity index (χ3n) is 3.87. The molecule has 0 N–H and O–H groups in total. The number of nitrogens with zero attached hydrogens (tertiary/aromatic N) is 2. The molecule has 1 aliphatic heterocycles. The Kier molecular flexibility index (Phi) is 4.29. The van der Waals surface area contributed by atoms with Crippen molar-refractivity contribution in [3.05, 3.63) is 46.5 Å². The molecule has 1 atom stereocenters. The van der Waals surface area contributed by atoms with E-state index in [9.17, 15) is 9.59 Å². The highest BCUT2D eigenvalue weighted by Crippen LogP contribution is 2.22. The molecule has 1 fully saturated rings. The van der Waals surface area contributed by atoms with Crippen molar-refractivity contribution in [1.29, 1.82) is 0 Å². The van der Waals surface area contributed by atoms with Crippen LogP contribution in [0.4, 0.5) is 0 Å². The summed E-state index contributed by atoms with van der Waals surface area (Å²) >= 11 is 1.62. The Labute approximate surface area is 133 Å². The summed E-state index contributed by atoms with van der Waals surface area (Å²) in [5.74, 6) is 0.527. The maximum absolute atomic E-state index is 12.5. The van der Waals surface area contributed by atoms with Gasteiger partial charge in [-0.05, 0) is 34.5 Å². The standard InChI is InChI=1S/C16H18N2O3S/c1-17(8-12-4-6-22-11-12)16(20)13-7-15(19)18(9-13)10-14-3-2-5-21-14/h2-6,11,13H,7-10H2,1H3. The van der Waals surface area contributed by atoms with E-state index in [0.29, 0.717) is 19.6 Å². The Morgan fingerprint density at radius 2 is 2.36 bits per heavy atom. The fourth-order valence-electron chi connectivity index (χ4n) is 2.73. The van der Waals surface area contributed by atoms with Crippen molar-refractivity contribution in [3.63, 3.8) is 0 Å². The van der Waals surface area contributed by atoms with Gasteiger partial charge in [0.25, 0.3) is 0 Å². The summed E-state index contributed by atoms with van der Waals surface area (Å²) in [6.45, 7) is 1.49. The van der Waals surface area contributed by atoms with Gasteiger partial charge in [0.15, 0.2) is 0 Å². The molecule has 6 heteroatoms. The first-order valence-corrected chi connectivity index (χ1v) is 8.14. The molecule has 1 unspecified atom stereocenters. The van der Waals surface area contributed by atoms with Gasteiger partial charge < -0.3 is 14.2 Å². The molecule has 22 heavy (non-hydrogen) atoms. The highest BCUT2D eigenvalue weighted by molar-refractivity contribution is 7.07. The summed E-state index contributed by atoms with van der Waals surface area (Å²) in [7, 11) is 1.79. The lowest BCUT2D eigenvalue weighted by Crippen LogP contribution is -2.34. The van der Waals surface area contributed by atoms with Crippen LogP contribution in [0, 0.1) is 5.92 Å². The summed E-state index contributed by atoms with van der Waals surface area (Å²) in [4.78, 5) is 28.0. The van der Waals surface area contributed by atoms with Crippen molar-refractivity contribution < 1.29 is 14.0 Å². The molecule has 116 valence electrons. The molecule has 0 aromatic carbocycles. The molecule has 2 amide bonds. The summed E-state index contributed by atoms with van der Waals surface area (Å²) in [5.41, 5.74) is 1.12. The van der Waals surface area contributed by atoms with Gasteiger partial charge in [0.1, 0.15) is 5.76 Å². The molecule has 3 heterocycles. The average molecular weight is 318 g/mol. The SMILES string of the molecule is CN(Cc1ccsc1)C(=O)C1CC(=O)N(Cc2ccco2)C1. The number of hydrogen-bond donors (Lipinski definition) is 0. The van der Waals surface area contributed by atoms with E-state index in [2.05, 4.69) is 0 Å². The minimum atomic E-state index is -0.258. The zero-order chi connectivity index (χ0) is 15.5. The van der Waals surface area contributed by atoms with E-state index < -0.39 is 0 Å². The molecule has 0 bridgehead atoms. The van der Waals surface area contributed by atoms with Crippen molar-refractivity contribution in [1.82, 2.24) is 9.80 Å². The lowest BCUT2D eigenvalue weighted by Gasteiger charge is -2.20. The topological polar surface area (TPSA) is 53.8 Å². The second kappa shape index (κ2) is 6.36. The normalized spacial score (nSPS) is 18.0. The van der Waals surface area contributed by atoms with E-state index in [1.54, 1.807) is 40.5 Å². The first-order chi connectivity index (χ1) is 10.6. The van der Waals surface area contributed by atoms with Crippen LogP contribution in [0.3, 0.4) is 0 Å². The van der Waals surface area contributed by atoms with E-state index in [1.807, 2.05) is 22.9 Å². The number of carbonyl (C=O) groups excluding carboxylic acids is 2. The fourth-order valence-corrected chi connectivity index (χ4v) is 3.39. The number of amides is 2. The molecule has 0 aliphatic carbocycles. The number of furan rings is 1. The van der Waals surface area contributed by atoms with Crippen LogP contribution in [0.5, 0.6) is 0 Å². The summed E-state index contributed by atoms with van der Waals surface area (Å²) in [6.07, 6.45) is 1.88. The van der Waals surface area contributed by atoms with E-state index in [0.717, 1.165) is 11.3 Å². The van der Waals surface area contributed by atoms with Crippen LogP contribution in [0.2, 0.25) is 0 Å². The maximum atomic E-state index is 12.5. The molecule has 2 aromatic heterocycles. The molecule has 0 radical (unpaired) electrons. The Bertz CT molecular complexity index is 636. The Balaban J connectivity index is 1.58. The molecular weight excluding hydrogens is 300 g/mol.